The lowest BCUT2D eigenvalue weighted by Crippen LogP contribution is -2.36. The van der Waals surface area contributed by atoms with Gasteiger partial charge in [-0.15, -0.1) is 10.2 Å². The zero-order valence-electron chi connectivity index (χ0n) is 18.0. The number of fused-ring (bicyclic) bond motifs is 2. The maximum atomic E-state index is 5.57. The summed E-state index contributed by atoms with van der Waals surface area (Å²) in [5.41, 5.74) is 3.93. The van der Waals surface area contributed by atoms with Crippen LogP contribution >= 0.6 is 0 Å². The standard InChI is InChI=1S/C24H23N7O/c1-15-26-24(29-28-15)20-12-19(30-7-9-32-10-8-30)13-21-23(20)27-16(2)31(21)22-11-17-5-3-4-6-18(17)14-25-22/h3-6,11-14H,7-10H2,1-2H3,(H,26,28,29). The van der Waals surface area contributed by atoms with Crippen LogP contribution in [0.4, 0.5) is 5.69 Å². The lowest BCUT2D eigenvalue weighted by atomic mass is 10.1. The van der Waals surface area contributed by atoms with Crippen LogP contribution < -0.4 is 4.90 Å². The number of rotatable bonds is 3. The highest BCUT2D eigenvalue weighted by Gasteiger charge is 2.21. The summed E-state index contributed by atoms with van der Waals surface area (Å²) in [4.78, 5) is 15.3. The molecule has 1 fully saturated rings. The normalized spacial score (nSPS) is 14.5. The molecule has 0 radical (unpaired) electrons. The summed E-state index contributed by atoms with van der Waals surface area (Å²) in [6.45, 7) is 7.06. The first-order valence-corrected chi connectivity index (χ1v) is 10.8. The fourth-order valence-electron chi connectivity index (χ4n) is 4.41. The van der Waals surface area contributed by atoms with E-state index in [1.54, 1.807) is 0 Å². The largest absolute Gasteiger partial charge is 0.378 e. The zero-order chi connectivity index (χ0) is 21.7. The van der Waals surface area contributed by atoms with Crippen molar-refractivity contribution in [3.63, 3.8) is 0 Å². The number of ether oxygens (including phenoxy) is 1. The molecule has 4 heterocycles. The second-order valence-corrected chi connectivity index (χ2v) is 8.10. The second kappa shape index (κ2) is 7.42. The summed E-state index contributed by atoms with van der Waals surface area (Å²) in [6.07, 6.45) is 1.92. The Hall–Kier alpha value is -3.78. The molecule has 32 heavy (non-hydrogen) atoms. The minimum atomic E-state index is 0.721. The van der Waals surface area contributed by atoms with Crippen molar-refractivity contribution in [2.75, 3.05) is 31.2 Å². The van der Waals surface area contributed by atoms with E-state index in [0.717, 1.165) is 82.7 Å². The van der Waals surface area contributed by atoms with E-state index in [4.69, 9.17) is 14.7 Å². The van der Waals surface area contributed by atoms with Crippen LogP contribution in [0, 0.1) is 13.8 Å². The van der Waals surface area contributed by atoms with Crippen LogP contribution in [0.25, 0.3) is 39.0 Å². The second-order valence-electron chi connectivity index (χ2n) is 8.10. The molecule has 0 atom stereocenters. The van der Waals surface area contributed by atoms with Gasteiger partial charge in [0.15, 0.2) is 5.82 Å². The van der Waals surface area contributed by atoms with Crippen molar-refractivity contribution < 1.29 is 4.74 Å². The zero-order valence-corrected chi connectivity index (χ0v) is 18.0. The molecule has 0 bridgehead atoms. The Morgan fingerprint density at radius 2 is 1.78 bits per heavy atom. The molecule has 0 spiro atoms. The number of benzene rings is 2. The monoisotopic (exact) mass is 425 g/mol. The van der Waals surface area contributed by atoms with Gasteiger partial charge in [-0.1, -0.05) is 24.3 Å². The highest BCUT2D eigenvalue weighted by molar-refractivity contribution is 5.95. The number of nitrogens with one attached hydrogen (secondary N) is 1. The molecule has 3 aromatic heterocycles. The highest BCUT2D eigenvalue weighted by atomic mass is 16.5. The number of hydrogen-bond acceptors (Lipinski definition) is 6. The fourth-order valence-corrected chi connectivity index (χ4v) is 4.41. The summed E-state index contributed by atoms with van der Waals surface area (Å²) in [7, 11) is 0. The van der Waals surface area contributed by atoms with Gasteiger partial charge in [0.1, 0.15) is 23.0 Å². The van der Waals surface area contributed by atoms with E-state index >= 15 is 0 Å². The molecule has 160 valence electrons. The molecule has 0 unspecified atom stereocenters. The van der Waals surface area contributed by atoms with Gasteiger partial charge in [-0.25, -0.2) is 9.97 Å². The van der Waals surface area contributed by atoms with Crippen molar-refractivity contribution in [3.05, 3.63) is 60.3 Å². The van der Waals surface area contributed by atoms with Crippen molar-refractivity contribution in [2.45, 2.75) is 13.8 Å². The smallest absolute Gasteiger partial charge is 0.163 e. The molecule has 0 saturated carbocycles. The van der Waals surface area contributed by atoms with E-state index in [2.05, 4.69) is 55.0 Å². The van der Waals surface area contributed by atoms with E-state index in [1.807, 2.05) is 32.2 Å². The van der Waals surface area contributed by atoms with Gasteiger partial charge in [-0.05, 0) is 37.4 Å². The number of H-pyrrole nitrogens is 1. The number of aromatic amines is 1. The predicted octanol–water partition coefficient (Wildman–Crippen LogP) is 3.81. The van der Waals surface area contributed by atoms with E-state index in [-0.39, 0.29) is 0 Å². The highest BCUT2D eigenvalue weighted by Crippen LogP contribution is 2.34. The topological polar surface area (TPSA) is 84.8 Å². The van der Waals surface area contributed by atoms with Crippen LogP contribution in [-0.2, 0) is 4.74 Å². The average Bonchev–Trinajstić information content (AvgIpc) is 3.41. The van der Waals surface area contributed by atoms with Gasteiger partial charge in [0, 0.05) is 35.9 Å². The Labute approximate surface area is 184 Å². The Morgan fingerprint density at radius 3 is 2.56 bits per heavy atom. The fraction of sp³-hybridized carbons (Fsp3) is 0.250. The number of morpholine rings is 1. The van der Waals surface area contributed by atoms with Gasteiger partial charge in [-0.2, -0.15) is 0 Å². The molecular weight excluding hydrogens is 402 g/mol. The summed E-state index contributed by atoms with van der Waals surface area (Å²) in [5.74, 6) is 3.22. The lowest BCUT2D eigenvalue weighted by molar-refractivity contribution is 0.122. The van der Waals surface area contributed by atoms with Crippen molar-refractivity contribution in [3.8, 4) is 17.2 Å². The van der Waals surface area contributed by atoms with E-state index < -0.39 is 0 Å². The molecule has 0 amide bonds. The molecule has 0 aliphatic carbocycles. The molecule has 1 N–H and O–H groups in total. The van der Waals surface area contributed by atoms with Crippen LogP contribution in [0.5, 0.6) is 0 Å². The maximum Gasteiger partial charge on any atom is 0.163 e. The summed E-state index contributed by atoms with van der Waals surface area (Å²) in [6, 6.07) is 14.7. The van der Waals surface area contributed by atoms with E-state index in [1.165, 1.54) is 0 Å². The third-order valence-corrected chi connectivity index (χ3v) is 5.99. The third-order valence-electron chi connectivity index (χ3n) is 5.99. The number of pyridine rings is 1. The average molecular weight is 425 g/mol. The van der Waals surface area contributed by atoms with Gasteiger partial charge in [0.25, 0.3) is 0 Å². The minimum absolute atomic E-state index is 0.721. The predicted molar refractivity (Wildman–Crippen MR) is 124 cm³/mol. The maximum absolute atomic E-state index is 5.57. The van der Waals surface area contributed by atoms with Crippen LogP contribution in [0.1, 0.15) is 11.6 Å². The summed E-state index contributed by atoms with van der Waals surface area (Å²) < 4.78 is 7.69. The summed E-state index contributed by atoms with van der Waals surface area (Å²) >= 11 is 0. The molecular formula is C24H23N7O. The third kappa shape index (κ3) is 3.11. The lowest BCUT2D eigenvalue weighted by Gasteiger charge is -2.29. The number of aryl methyl sites for hydroxylation is 2. The molecule has 1 saturated heterocycles. The van der Waals surface area contributed by atoms with Gasteiger partial charge in [0.2, 0.25) is 0 Å². The van der Waals surface area contributed by atoms with Gasteiger partial charge >= 0.3 is 0 Å². The SMILES string of the molecule is Cc1nnc(-c2cc(N3CCOCC3)cc3c2nc(C)n3-c2cc3ccccc3cn2)[nH]1. The first-order valence-electron chi connectivity index (χ1n) is 10.8. The van der Waals surface area contributed by atoms with Crippen molar-refractivity contribution in [2.24, 2.45) is 0 Å². The van der Waals surface area contributed by atoms with Crippen LogP contribution in [0.3, 0.4) is 0 Å². The van der Waals surface area contributed by atoms with Crippen molar-refractivity contribution in [1.29, 1.82) is 0 Å². The number of hydrogen-bond donors (Lipinski definition) is 1. The molecule has 2 aromatic carbocycles. The van der Waals surface area contributed by atoms with E-state index in [0.29, 0.717) is 0 Å². The summed E-state index contributed by atoms with van der Waals surface area (Å²) in [5, 5.41) is 10.8. The quantitative estimate of drug-likeness (QED) is 0.473. The van der Waals surface area contributed by atoms with Gasteiger partial charge < -0.3 is 14.6 Å². The van der Waals surface area contributed by atoms with Crippen molar-refractivity contribution >= 4 is 27.5 Å². The van der Waals surface area contributed by atoms with Crippen molar-refractivity contribution in [1.82, 2.24) is 29.7 Å². The number of imidazole rings is 1. The van der Waals surface area contributed by atoms with Crippen LogP contribution in [0.2, 0.25) is 0 Å². The van der Waals surface area contributed by atoms with Gasteiger partial charge in [0.05, 0.1) is 18.7 Å². The first-order chi connectivity index (χ1) is 15.7. The number of nitrogens with zero attached hydrogens (tertiary/aromatic N) is 6. The van der Waals surface area contributed by atoms with Crippen LogP contribution in [-0.4, -0.2) is 56.0 Å². The number of aromatic nitrogens is 6. The Morgan fingerprint density at radius 1 is 0.969 bits per heavy atom. The first kappa shape index (κ1) is 18.9. The Balaban J connectivity index is 1.61. The molecule has 8 heteroatoms. The Kier molecular flexibility index (Phi) is 4.39. The molecule has 5 aromatic rings. The number of anilines is 1. The Bertz CT molecular complexity index is 1450. The molecule has 6 rings (SSSR count). The molecule has 1 aliphatic rings. The van der Waals surface area contributed by atoms with E-state index in [9.17, 15) is 0 Å². The molecule has 8 nitrogen and oxygen atoms in total. The van der Waals surface area contributed by atoms with Gasteiger partial charge in [-0.3, -0.25) is 4.57 Å². The minimum Gasteiger partial charge on any atom is -0.378 e. The molecule has 1 aliphatic heterocycles. The van der Waals surface area contributed by atoms with Crippen LogP contribution in [0.15, 0.2) is 48.7 Å².